The highest BCUT2D eigenvalue weighted by molar-refractivity contribution is 6.39. The fraction of sp³-hybridized carbons (Fsp3) is 0.238. The van der Waals surface area contributed by atoms with Gasteiger partial charge in [-0.05, 0) is 30.7 Å². The molecule has 1 unspecified atom stereocenters. The molecule has 0 bridgehead atoms. The van der Waals surface area contributed by atoms with Crippen LogP contribution in [-0.4, -0.2) is 45.1 Å². The van der Waals surface area contributed by atoms with Gasteiger partial charge in [0.2, 0.25) is 0 Å². The van der Waals surface area contributed by atoms with Gasteiger partial charge >= 0.3 is 11.8 Å². The molecule has 3 aromatic rings. The summed E-state index contributed by atoms with van der Waals surface area (Å²) in [6.45, 7) is 2.06. The number of carbonyl (C=O) groups excluding carboxylic acids is 2. The average molecular weight is 406 g/mol. The van der Waals surface area contributed by atoms with Crippen molar-refractivity contribution in [2.45, 2.75) is 13.0 Å². The van der Waals surface area contributed by atoms with E-state index < -0.39 is 11.8 Å². The Kier molecular flexibility index (Phi) is 4.86. The molecule has 0 saturated carbocycles. The van der Waals surface area contributed by atoms with Crippen molar-refractivity contribution in [2.75, 3.05) is 24.7 Å². The summed E-state index contributed by atoms with van der Waals surface area (Å²) in [4.78, 5) is 30.5. The topological polar surface area (TPSA) is 115 Å². The lowest BCUT2D eigenvalue weighted by molar-refractivity contribution is -0.143. The summed E-state index contributed by atoms with van der Waals surface area (Å²) in [5, 5.41) is 6.76. The SMILES string of the molecule is Cc1cc(NC(=O)C(=O)N(C)C2COc3cc(-c4ccnn4C)ccc32)cnc1N. The number of carbonyl (C=O) groups is 2. The lowest BCUT2D eigenvalue weighted by Crippen LogP contribution is -2.40. The largest absolute Gasteiger partial charge is 0.491 e. The Morgan fingerprint density at radius 1 is 1.30 bits per heavy atom. The van der Waals surface area contributed by atoms with Crippen LogP contribution >= 0.6 is 0 Å². The van der Waals surface area contributed by atoms with Crippen LogP contribution < -0.4 is 15.8 Å². The number of benzene rings is 1. The zero-order valence-corrected chi connectivity index (χ0v) is 16.9. The molecule has 3 heterocycles. The Morgan fingerprint density at radius 2 is 2.10 bits per heavy atom. The fourth-order valence-electron chi connectivity index (χ4n) is 3.47. The number of fused-ring (bicyclic) bond motifs is 1. The van der Waals surface area contributed by atoms with Gasteiger partial charge in [-0.1, -0.05) is 12.1 Å². The number of anilines is 2. The molecule has 4 rings (SSSR count). The van der Waals surface area contributed by atoms with Crippen LogP contribution in [0.4, 0.5) is 11.5 Å². The summed E-state index contributed by atoms with van der Waals surface area (Å²) in [6.07, 6.45) is 3.15. The molecule has 30 heavy (non-hydrogen) atoms. The summed E-state index contributed by atoms with van der Waals surface area (Å²) in [5.41, 5.74) is 9.60. The molecule has 9 heteroatoms. The van der Waals surface area contributed by atoms with Crippen molar-refractivity contribution in [2.24, 2.45) is 7.05 Å². The summed E-state index contributed by atoms with van der Waals surface area (Å²) < 4.78 is 7.59. The third kappa shape index (κ3) is 3.45. The molecule has 0 radical (unpaired) electrons. The molecule has 3 N–H and O–H groups in total. The second kappa shape index (κ2) is 7.51. The first-order chi connectivity index (χ1) is 14.3. The van der Waals surface area contributed by atoms with Gasteiger partial charge in [0.15, 0.2) is 0 Å². The number of nitrogen functional groups attached to an aromatic ring is 1. The molecule has 0 saturated heterocycles. The molecule has 0 spiro atoms. The van der Waals surface area contributed by atoms with Crippen LogP contribution in [0.25, 0.3) is 11.3 Å². The highest BCUT2D eigenvalue weighted by Crippen LogP contribution is 2.38. The number of pyridine rings is 1. The smallest absolute Gasteiger partial charge is 0.313 e. The van der Waals surface area contributed by atoms with Crippen LogP contribution in [-0.2, 0) is 16.6 Å². The van der Waals surface area contributed by atoms with Crippen LogP contribution in [0.3, 0.4) is 0 Å². The first-order valence-corrected chi connectivity index (χ1v) is 9.40. The van der Waals surface area contributed by atoms with E-state index >= 15 is 0 Å². The predicted molar refractivity (Wildman–Crippen MR) is 112 cm³/mol. The highest BCUT2D eigenvalue weighted by Gasteiger charge is 2.33. The van der Waals surface area contributed by atoms with Crippen molar-refractivity contribution >= 4 is 23.3 Å². The van der Waals surface area contributed by atoms with E-state index in [1.807, 2.05) is 31.3 Å². The van der Waals surface area contributed by atoms with Crippen molar-refractivity contribution < 1.29 is 14.3 Å². The maximum atomic E-state index is 12.7. The number of amides is 2. The van der Waals surface area contributed by atoms with Crippen molar-refractivity contribution in [3.05, 3.63) is 53.9 Å². The van der Waals surface area contributed by atoms with E-state index in [4.69, 9.17) is 10.5 Å². The fourth-order valence-corrected chi connectivity index (χ4v) is 3.47. The maximum absolute atomic E-state index is 12.7. The predicted octanol–water partition coefficient (Wildman–Crippen LogP) is 1.90. The van der Waals surface area contributed by atoms with Crippen LogP contribution in [0.15, 0.2) is 42.7 Å². The third-order valence-electron chi connectivity index (χ3n) is 5.24. The van der Waals surface area contributed by atoms with Gasteiger partial charge in [0.25, 0.3) is 0 Å². The van der Waals surface area contributed by atoms with Gasteiger partial charge in [-0.25, -0.2) is 4.98 Å². The molecule has 1 aliphatic rings. The van der Waals surface area contributed by atoms with Crippen molar-refractivity contribution in [3.63, 3.8) is 0 Å². The van der Waals surface area contributed by atoms with Gasteiger partial charge in [0.05, 0.1) is 23.6 Å². The minimum absolute atomic E-state index is 0.280. The van der Waals surface area contributed by atoms with Gasteiger partial charge in [-0.15, -0.1) is 0 Å². The molecule has 2 aromatic heterocycles. The summed E-state index contributed by atoms with van der Waals surface area (Å²) >= 11 is 0. The number of ether oxygens (including phenoxy) is 1. The van der Waals surface area contributed by atoms with E-state index in [-0.39, 0.29) is 12.6 Å². The number of aryl methyl sites for hydroxylation is 2. The van der Waals surface area contributed by atoms with E-state index in [2.05, 4.69) is 15.4 Å². The number of hydrogen-bond donors (Lipinski definition) is 2. The van der Waals surface area contributed by atoms with Gasteiger partial charge < -0.3 is 20.7 Å². The minimum atomic E-state index is -0.747. The molecule has 0 aliphatic carbocycles. The molecular weight excluding hydrogens is 384 g/mol. The second-order valence-electron chi connectivity index (χ2n) is 7.22. The van der Waals surface area contributed by atoms with Crippen molar-refractivity contribution in [1.29, 1.82) is 0 Å². The minimum Gasteiger partial charge on any atom is -0.491 e. The number of nitrogens with zero attached hydrogens (tertiary/aromatic N) is 4. The lowest BCUT2D eigenvalue weighted by atomic mass is 10.0. The number of nitrogens with two attached hydrogens (primary N) is 1. The summed E-state index contributed by atoms with van der Waals surface area (Å²) in [6, 6.07) is 9.03. The zero-order chi connectivity index (χ0) is 21.4. The van der Waals surface area contributed by atoms with Crippen LogP contribution in [0.2, 0.25) is 0 Å². The first kappa shape index (κ1) is 19.4. The van der Waals surface area contributed by atoms with Gasteiger partial charge in [0, 0.05) is 31.4 Å². The lowest BCUT2D eigenvalue weighted by Gasteiger charge is -2.23. The van der Waals surface area contributed by atoms with Gasteiger partial charge in [-0.2, -0.15) is 5.10 Å². The van der Waals surface area contributed by atoms with Crippen LogP contribution in [0.5, 0.6) is 5.75 Å². The normalized spacial score (nSPS) is 14.7. The average Bonchev–Trinajstić information content (AvgIpc) is 3.35. The number of likely N-dealkylation sites (N-methyl/N-ethyl adjacent to an activating group) is 1. The Morgan fingerprint density at radius 3 is 2.80 bits per heavy atom. The van der Waals surface area contributed by atoms with E-state index in [0.29, 0.717) is 17.3 Å². The quantitative estimate of drug-likeness (QED) is 0.642. The molecular formula is C21H22N6O3. The monoisotopic (exact) mass is 406 g/mol. The van der Waals surface area contributed by atoms with E-state index in [0.717, 1.165) is 22.4 Å². The number of aromatic nitrogens is 3. The van der Waals surface area contributed by atoms with E-state index in [1.165, 1.54) is 11.1 Å². The standard InChI is InChI=1S/C21H22N6O3/c1-12-8-14(10-23-19(12)22)25-20(28)21(29)26(2)17-11-30-18-9-13(4-5-15(17)18)16-6-7-24-27(16)3/h4-10,17H,11H2,1-3H3,(H2,22,23)(H,25,28). The van der Waals surface area contributed by atoms with E-state index in [9.17, 15) is 9.59 Å². The maximum Gasteiger partial charge on any atom is 0.313 e. The zero-order valence-electron chi connectivity index (χ0n) is 16.9. The Hall–Kier alpha value is -3.88. The number of nitrogens with one attached hydrogen (secondary N) is 1. The van der Waals surface area contributed by atoms with Crippen LogP contribution in [0.1, 0.15) is 17.2 Å². The molecule has 1 aromatic carbocycles. The number of rotatable bonds is 3. The highest BCUT2D eigenvalue weighted by atomic mass is 16.5. The molecule has 1 atom stereocenters. The van der Waals surface area contributed by atoms with Gasteiger partial charge in [-0.3, -0.25) is 14.3 Å². The molecule has 9 nitrogen and oxygen atoms in total. The summed E-state index contributed by atoms with van der Waals surface area (Å²) in [7, 11) is 3.46. The molecule has 2 amide bonds. The van der Waals surface area contributed by atoms with Crippen LogP contribution in [0, 0.1) is 6.92 Å². The Labute approximate surface area is 173 Å². The van der Waals surface area contributed by atoms with E-state index in [1.54, 1.807) is 30.9 Å². The third-order valence-corrected chi connectivity index (χ3v) is 5.24. The molecule has 1 aliphatic heterocycles. The summed E-state index contributed by atoms with van der Waals surface area (Å²) in [5.74, 6) is -0.344. The Bertz CT molecular complexity index is 1140. The molecule has 154 valence electrons. The Balaban J connectivity index is 1.50. The van der Waals surface area contributed by atoms with Gasteiger partial charge in [0.1, 0.15) is 18.2 Å². The number of hydrogen-bond acceptors (Lipinski definition) is 6. The van der Waals surface area contributed by atoms with Crippen molar-refractivity contribution in [1.82, 2.24) is 19.7 Å². The first-order valence-electron chi connectivity index (χ1n) is 9.40. The molecule has 0 fully saturated rings. The second-order valence-corrected chi connectivity index (χ2v) is 7.22. The van der Waals surface area contributed by atoms with Crippen molar-refractivity contribution in [3.8, 4) is 17.0 Å².